The number of benzene rings is 1. The van der Waals surface area contributed by atoms with Crippen molar-refractivity contribution in [2.24, 2.45) is 0 Å². The zero-order valence-electron chi connectivity index (χ0n) is 14.7. The van der Waals surface area contributed by atoms with Crippen LogP contribution in [0.1, 0.15) is 17.0 Å². The molecule has 2 unspecified atom stereocenters. The molecule has 2 aliphatic rings. The second-order valence-corrected chi connectivity index (χ2v) is 9.37. The van der Waals surface area contributed by atoms with Gasteiger partial charge in [0.25, 0.3) is 0 Å². The minimum absolute atomic E-state index is 0.0262. The van der Waals surface area contributed by atoms with E-state index in [0.29, 0.717) is 11.4 Å². The quantitative estimate of drug-likeness (QED) is 0.702. The van der Waals surface area contributed by atoms with Crippen LogP contribution in [0.15, 0.2) is 72.1 Å². The van der Waals surface area contributed by atoms with E-state index in [-0.39, 0.29) is 11.2 Å². The highest BCUT2D eigenvalue weighted by atomic mass is 32.2. The molecule has 0 spiro atoms. The molecular formula is C21H19N3O2S. The molecular weight excluding hydrogens is 358 g/mol. The average molecular weight is 377 g/mol. The molecule has 6 heteroatoms. The van der Waals surface area contributed by atoms with E-state index in [1.165, 1.54) is 0 Å². The number of likely N-dealkylation sites (tertiary alicyclic amines) is 1. The maximum atomic E-state index is 13.1. The average Bonchev–Trinajstić information content (AvgIpc) is 3.21. The SMILES string of the molecule is O=S1(=O)c2ccc(-c3cccnc3)cc2C2CN(Cc3cccnc3)CC21. The summed E-state index contributed by atoms with van der Waals surface area (Å²) >= 11 is 0. The standard InChI is InChI=1S/C21H19N3O2S/c25-27(26)20-6-5-16(17-4-2-8-23-11-17)9-18(20)19-13-24(14-21(19)27)12-15-3-1-7-22-10-15/h1-11,19,21H,12-14H2. The maximum Gasteiger partial charge on any atom is 0.183 e. The van der Waals surface area contributed by atoms with E-state index in [1.54, 1.807) is 18.5 Å². The lowest BCUT2D eigenvalue weighted by Gasteiger charge is -2.17. The summed E-state index contributed by atoms with van der Waals surface area (Å²) in [5, 5.41) is -0.353. The van der Waals surface area contributed by atoms with E-state index >= 15 is 0 Å². The van der Waals surface area contributed by atoms with Crippen molar-refractivity contribution in [3.8, 4) is 11.1 Å². The van der Waals surface area contributed by atoms with E-state index in [1.807, 2.05) is 48.8 Å². The third kappa shape index (κ3) is 2.76. The molecule has 2 aromatic heterocycles. The molecule has 136 valence electrons. The lowest BCUT2D eigenvalue weighted by atomic mass is 9.95. The van der Waals surface area contributed by atoms with Crippen LogP contribution >= 0.6 is 0 Å². The Morgan fingerprint density at radius 2 is 1.78 bits per heavy atom. The van der Waals surface area contributed by atoms with Crippen molar-refractivity contribution in [2.75, 3.05) is 13.1 Å². The van der Waals surface area contributed by atoms with Gasteiger partial charge in [-0.05, 0) is 46.5 Å². The summed E-state index contributed by atoms with van der Waals surface area (Å²) in [6.45, 7) is 2.05. The van der Waals surface area contributed by atoms with Crippen molar-refractivity contribution >= 4 is 9.84 Å². The van der Waals surface area contributed by atoms with Gasteiger partial charge in [-0.25, -0.2) is 8.42 Å². The summed E-state index contributed by atoms with van der Waals surface area (Å²) in [5.41, 5.74) is 4.09. The Hall–Kier alpha value is -2.57. The molecule has 5 rings (SSSR count). The third-order valence-electron chi connectivity index (χ3n) is 5.58. The Kier molecular flexibility index (Phi) is 3.84. The largest absolute Gasteiger partial charge is 0.297 e. The third-order valence-corrected chi connectivity index (χ3v) is 7.84. The number of hydrogen-bond acceptors (Lipinski definition) is 5. The lowest BCUT2D eigenvalue weighted by molar-refractivity contribution is 0.325. The summed E-state index contributed by atoms with van der Waals surface area (Å²) in [4.78, 5) is 11.1. The second-order valence-electron chi connectivity index (χ2n) is 7.24. The second kappa shape index (κ2) is 6.25. The minimum atomic E-state index is -3.28. The Labute approximate surface area is 158 Å². The van der Waals surface area contributed by atoms with Gasteiger partial charge in [-0.2, -0.15) is 0 Å². The van der Waals surface area contributed by atoms with Crippen LogP contribution in [-0.4, -0.2) is 41.6 Å². The number of fused-ring (bicyclic) bond motifs is 3. The van der Waals surface area contributed by atoms with Gasteiger partial charge in [-0.15, -0.1) is 0 Å². The smallest absolute Gasteiger partial charge is 0.183 e. The van der Waals surface area contributed by atoms with Crippen molar-refractivity contribution in [1.29, 1.82) is 0 Å². The normalized spacial score (nSPS) is 23.1. The first-order valence-electron chi connectivity index (χ1n) is 9.02. The van der Waals surface area contributed by atoms with Crippen LogP contribution in [0.5, 0.6) is 0 Å². The van der Waals surface area contributed by atoms with Gasteiger partial charge in [0.05, 0.1) is 10.1 Å². The molecule has 5 nitrogen and oxygen atoms in total. The van der Waals surface area contributed by atoms with Gasteiger partial charge in [-0.3, -0.25) is 14.9 Å². The molecule has 0 N–H and O–H groups in total. The number of aromatic nitrogens is 2. The van der Waals surface area contributed by atoms with Gasteiger partial charge < -0.3 is 0 Å². The van der Waals surface area contributed by atoms with Crippen molar-refractivity contribution in [3.05, 3.63) is 78.4 Å². The summed E-state index contributed by atoms with van der Waals surface area (Å²) < 4.78 is 26.1. The van der Waals surface area contributed by atoms with E-state index in [2.05, 4.69) is 14.9 Å². The van der Waals surface area contributed by atoms with E-state index in [4.69, 9.17) is 0 Å². The molecule has 1 fully saturated rings. The Morgan fingerprint density at radius 3 is 2.52 bits per heavy atom. The fourth-order valence-electron chi connectivity index (χ4n) is 4.32. The number of nitrogens with zero attached hydrogens (tertiary/aromatic N) is 3. The van der Waals surface area contributed by atoms with Crippen LogP contribution in [-0.2, 0) is 16.4 Å². The monoisotopic (exact) mass is 377 g/mol. The minimum Gasteiger partial charge on any atom is -0.297 e. The molecule has 2 atom stereocenters. The summed E-state index contributed by atoms with van der Waals surface area (Å²) in [7, 11) is -3.28. The number of hydrogen-bond donors (Lipinski definition) is 0. The predicted octanol–water partition coefficient (Wildman–Crippen LogP) is 2.90. The first-order valence-corrected chi connectivity index (χ1v) is 10.6. The maximum absolute atomic E-state index is 13.1. The van der Waals surface area contributed by atoms with Gasteiger partial charge >= 0.3 is 0 Å². The first kappa shape index (κ1) is 16.6. The first-order chi connectivity index (χ1) is 13.1. The molecule has 0 bridgehead atoms. The topological polar surface area (TPSA) is 63.2 Å². The van der Waals surface area contributed by atoms with Crippen molar-refractivity contribution < 1.29 is 8.42 Å². The summed E-state index contributed by atoms with van der Waals surface area (Å²) in [5.74, 6) is 0.0262. The highest BCUT2D eigenvalue weighted by molar-refractivity contribution is 7.92. The van der Waals surface area contributed by atoms with Crippen LogP contribution in [0.3, 0.4) is 0 Å². The molecule has 1 saturated heterocycles. The highest BCUT2D eigenvalue weighted by Crippen LogP contribution is 2.46. The molecule has 0 amide bonds. The fraction of sp³-hybridized carbons (Fsp3) is 0.238. The van der Waals surface area contributed by atoms with Crippen LogP contribution in [0.25, 0.3) is 11.1 Å². The van der Waals surface area contributed by atoms with Crippen molar-refractivity contribution in [3.63, 3.8) is 0 Å². The number of sulfone groups is 1. The molecule has 0 saturated carbocycles. The van der Waals surface area contributed by atoms with Gasteiger partial charge in [0.15, 0.2) is 9.84 Å². The van der Waals surface area contributed by atoms with E-state index in [0.717, 1.165) is 35.3 Å². The van der Waals surface area contributed by atoms with Crippen molar-refractivity contribution in [2.45, 2.75) is 22.6 Å². The van der Waals surface area contributed by atoms with E-state index in [9.17, 15) is 8.42 Å². The van der Waals surface area contributed by atoms with Crippen LogP contribution in [0.2, 0.25) is 0 Å². The molecule has 0 radical (unpaired) electrons. The van der Waals surface area contributed by atoms with Crippen molar-refractivity contribution in [1.82, 2.24) is 14.9 Å². The molecule has 3 aromatic rings. The Bertz CT molecular complexity index is 1080. The number of rotatable bonds is 3. The molecule has 4 heterocycles. The van der Waals surface area contributed by atoms with Crippen LogP contribution in [0, 0.1) is 0 Å². The van der Waals surface area contributed by atoms with E-state index < -0.39 is 9.84 Å². The van der Waals surface area contributed by atoms with Crippen LogP contribution in [0.4, 0.5) is 0 Å². The Balaban J connectivity index is 1.49. The number of pyridine rings is 2. The lowest BCUT2D eigenvalue weighted by Crippen LogP contribution is -2.25. The van der Waals surface area contributed by atoms with Crippen LogP contribution < -0.4 is 0 Å². The van der Waals surface area contributed by atoms with Gasteiger partial charge in [-0.1, -0.05) is 18.2 Å². The zero-order valence-corrected chi connectivity index (χ0v) is 15.5. The molecule has 0 aliphatic carbocycles. The highest BCUT2D eigenvalue weighted by Gasteiger charge is 2.50. The molecule has 2 aliphatic heterocycles. The molecule has 27 heavy (non-hydrogen) atoms. The zero-order chi connectivity index (χ0) is 18.4. The predicted molar refractivity (Wildman–Crippen MR) is 103 cm³/mol. The fourth-order valence-corrected chi connectivity index (χ4v) is 6.51. The van der Waals surface area contributed by atoms with Gasteiger partial charge in [0.2, 0.25) is 0 Å². The summed E-state index contributed by atoms with van der Waals surface area (Å²) in [6, 6.07) is 13.6. The molecule has 1 aromatic carbocycles. The Morgan fingerprint density at radius 1 is 0.963 bits per heavy atom. The van der Waals surface area contributed by atoms with Gasteiger partial charge in [0, 0.05) is 50.3 Å². The van der Waals surface area contributed by atoms with Gasteiger partial charge in [0.1, 0.15) is 0 Å². The summed E-state index contributed by atoms with van der Waals surface area (Å²) in [6.07, 6.45) is 7.15.